The minimum atomic E-state index is -1.06. The molecule has 0 rings (SSSR count). The molecule has 0 aliphatic rings. The number of rotatable bonds is 11. The van der Waals surface area contributed by atoms with Crippen LogP contribution in [0.15, 0.2) is 12.2 Å². The lowest BCUT2D eigenvalue weighted by Gasteiger charge is -2.16. The van der Waals surface area contributed by atoms with Gasteiger partial charge in [-0.1, -0.05) is 27.4 Å². The summed E-state index contributed by atoms with van der Waals surface area (Å²) in [5, 5.41) is 9.55. The number of esters is 2. The summed E-state index contributed by atoms with van der Waals surface area (Å²) in [6.07, 6.45) is -0.378. The van der Waals surface area contributed by atoms with Crippen LogP contribution >= 0.6 is 11.8 Å². The molecular weight excluding hydrogens is 332 g/mol. The van der Waals surface area contributed by atoms with Crippen molar-refractivity contribution in [2.24, 2.45) is 5.41 Å². The molecule has 0 aliphatic carbocycles. The Balaban J connectivity index is 3.71. The average Bonchev–Trinajstić information content (AvgIpc) is 2.48. The Labute approximate surface area is 148 Å². The second kappa shape index (κ2) is 11.3. The first-order valence-corrected chi connectivity index (χ1v) is 8.97. The minimum Gasteiger partial charge on any atom is -0.463 e. The van der Waals surface area contributed by atoms with Gasteiger partial charge in [-0.05, 0) is 6.92 Å². The molecule has 0 saturated heterocycles. The van der Waals surface area contributed by atoms with Crippen molar-refractivity contribution in [3.05, 3.63) is 12.2 Å². The van der Waals surface area contributed by atoms with Crippen LogP contribution in [-0.4, -0.2) is 53.7 Å². The largest absolute Gasteiger partial charge is 0.463 e. The van der Waals surface area contributed by atoms with Gasteiger partial charge in [0.05, 0.1) is 6.42 Å². The van der Waals surface area contributed by atoms with Crippen molar-refractivity contribution in [3.63, 3.8) is 0 Å². The summed E-state index contributed by atoms with van der Waals surface area (Å²) in [5.41, 5.74) is -0.0930. The quantitative estimate of drug-likeness (QED) is 0.343. The van der Waals surface area contributed by atoms with Gasteiger partial charge in [-0.2, -0.15) is 11.8 Å². The van der Waals surface area contributed by atoms with Crippen LogP contribution in [0, 0.1) is 5.41 Å². The van der Waals surface area contributed by atoms with Crippen LogP contribution in [-0.2, 0) is 23.9 Å². The number of carbonyl (C=O) groups excluding carboxylic acids is 3. The van der Waals surface area contributed by atoms with Gasteiger partial charge >= 0.3 is 11.9 Å². The number of carbonyl (C=O) groups is 3. The molecule has 0 bridgehead atoms. The van der Waals surface area contributed by atoms with Crippen LogP contribution in [0.5, 0.6) is 0 Å². The van der Waals surface area contributed by atoms with Crippen LogP contribution < -0.4 is 0 Å². The first kappa shape index (κ1) is 22.7. The first-order chi connectivity index (χ1) is 11.0. The van der Waals surface area contributed by atoms with E-state index >= 15 is 0 Å². The molecule has 7 heteroatoms. The summed E-state index contributed by atoms with van der Waals surface area (Å²) >= 11 is 1.51. The highest BCUT2D eigenvalue weighted by atomic mass is 32.2. The summed E-state index contributed by atoms with van der Waals surface area (Å²) in [6.45, 7) is 10.1. The zero-order valence-electron chi connectivity index (χ0n) is 14.9. The summed E-state index contributed by atoms with van der Waals surface area (Å²) in [6, 6.07) is 0. The molecule has 0 aromatic heterocycles. The SMILES string of the molecule is C=C(C)C(=O)OCC(O)COC(=O)CCSCCC(=O)C(C)(C)C. The van der Waals surface area contributed by atoms with Crippen molar-refractivity contribution in [1.82, 2.24) is 0 Å². The maximum absolute atomic E-state index is 11.7. The fraction of sp³-hybridized carbons (Fsp3) is 0.706. The zero-order chi connectivity index (χ0) is 18.8. The summed E-state index contributed by atoms with van der Waals surface area (Å²) in [5.74, 6) is 0.390. The summed E-state index contributed by atoms with van der Waals surface area (Å²) < 4.78 is 9.64. The lowest BCUT2D eigenvalue weighted by atomic mass is 9.89. The van der Waals surface area contributed by atoms with Crippen molar-refractivity contribution < 1.29 is 29.0 Å². The fourth-order valence-electron chi connectivity index (χ4n) is 1.40. The van der Waals surface area contributed by atoms with E-state index in [1.54, 1.807) is 0 Å². The highest BCUT2D eigenvalue weighted by molar-refractivity contribution is 7.99. The van der Waals surface area contributed by atoms with Crippen molar-refractivity contribution in [3.8, 4) is 0 Å². The lowest BCUT2D eigenvalue weighted by molar-refractivity contribution is -0.150. The normalized spacial score (nSPS) is 12.4. The van der Waals surface area contributed by atoms with E-state index < -0.39 is 18.0 Å². The number of ether oxygens (including phenoxy) is 2. The van der Waals surface area contributed by atoms with E-state index in [-0.39, 0.29) is 36.4 Å². The molecular formula is C17H28O6S. The molecule has 0 aromatic carbocycles. The Morgan fingerprint density at radius 1 is 1.08 bits per heavy atom. The molecule has 0 radical (unpaired) electrons. The van der Waals surface area contributed by atoms with Gasteiger partial charge in [-0.25, -0.2) is 4.79 Å². The molecule has 0 aliphatic heterocycles. The van der Waals surface area contributed by atoms with E-state index in [9.17, 15) is 19.5 Å². The van der Waals surface area contributed by atoms with Gasteiger partial charge in [-0.15, -0.1) is 0 Å². The number of Topliss-reactive ketones (excluding diaryl/α,β-unsaturated/α-hetero) is 1. The van der Waals surface area contributed by atoms with E-state index in [1.807, 2.05) is 20.8 Å². The third-order valence-corrected chi connectivity index (χ3v) is 3.94. The zero-order valence-corrected chi connectivity index (χ0v) is 15.7. The number of aliphatic hydroxyl groups is 1. The third kappa shape index (κ3) is 11.2. The molecule has 6 nitrogen and oxygen atoms in total. The summed E-state index contributed by atoms with van der Waals surface area (Å²) in [7, 11) is 0. The maximum atomic E-state index is 11.7. The predicted molar refractivity (Wildman–Crippen MR) is 93.8 cm³/mol. The van der Waals surface area contributed by atoms with Gasteiger partial charge in [0.15, 0.2) is 0 Å². The van der Waals surface area contributed by atoms with Crippen LogP contribution in [0.2, 0.25) is 0 Å². The van der Waals surface area contributed by atoms with Gasteiger partial charge in [0.25, 0.3) is 0 Å². The standard InChI is InChI=1S/C17H28O6S/c1-12(2)16(21)23-11-13(18)10-22-15(20)7-9-24-8-6-14(19)17(3,4)5/h13,18H,1,6-11H2,2-5H3. The molecule has 1 unspecified atom stereocenters. The smallest absolute Gasteiger partial charge is 0.333 e. The number of ketones is 1. The van der Waals surface area contributed by atoms with E-state index in [2.05, 4.69) is 6.58 Å². The van der Waals surface area contributed by atoms with Gasteiger partial charge in [-0.3, -0.25) is 9.59 Å². The van der Waals surface area contributed by atoms with Crippen molar-refractivity contribution >= 4 is 29.5 Å². The maximum Gasteiger partial charge on any atom is 0.333 e. The molecule has 0 amide bonds. The fourth-order valence-corrected chi connectivity index (χ4v) is 2.25. The van der Waals surface area contributed by atoms with Gasteiger partial charge in [0, 0.05) is 28.9 Å². The van der Waals surface area contributed by atoms with Crippen molar-refractivity contribution in [2.75, 3.05) is 24.7 Å². The van der Waals surface area contributed by atoms with Crippen molar-refractivity contribution in [1.29, 1.82) is 0 Å². The molecule has 138 valence electrons. The highest BCUT2D eigenvalue weighted by Gasteiger charge is 2.20. The second-order valence-corrected chi connectivity index (χ2v) is 7.73. The van der Waals surface area contributed by atoms with Crippen LogP contribution in [0.1, 0.15) is 40.5 Å². The van der Waals surface area contributed by atoms with Crippen LogP contribution in [0.4, 0.5) is 0 Å². The number of hydrogen-bond acceptors (Lipinski definition) is 7. The Hall–Kier alpha value is -1.34. The number of thioether (sulfide) groups is 1. The van der Waals surface area contributed by atoms with Crippen LogP contribution in [0.25, 0.3) is 0 Å². The van der Waals surface area contributed by atoms with E-state index in [0.717, 1.165) is 0 Å². The van der Waals surface area contributed by atoms with Gasteiger partial charge < -0.3 is 14.6 Å². The molecule has 1 N–H and O–H groups in total. The molecule has 24 heavy (non-hydrogen) atoms. The molecule has 0 spiro atoms. The Morgan fingerprint density at radius 2 is 1.62 bits per heavy atom. The Kier molecular flexibility index (Phi) is 10.6. The summed E-state index contributed by atoms with van der Waals surface area (Å²) in [4.78, 5) is 34.4. The minimum absolute atomic E-state index is 0.199. The van der Waals surface area contributed by atoms with Crippen LogP contribution in [0.3, 0.4) is 0 Å². The van der Waals surface area contributed by atoms with E-state index in [1.165, 1.54) is 18.7 Å². The molecule has 0 fully saturated rings. The second-order valence-electron chi connectivity index (χ2n) is 6.50. The molecule has 1 atom stereocenters. The van der Waals surface area contributed by atoms with Crippen molar-refractivity contribution in [2.45, 2.75) is 46.6 Å². The Morgan fingerprint density at radius 3 is 2.17 bits per heavy atom. The Bertz CT molecular complexity index is 452. The number of aliphatic hydroxyl groups excluding tert-OH is 1. The highest BCUT2D eigenvalue weighted by Crippen LogP contribution is 2.18. The van der Waals surface area contributed by atoms with E-state index in [0.29, 0.717) is 17.9 Å². The predicted octanol–water partition coefficient (Wildman–Crippen LogP) is 2.14. The van der Waals surface area contributed by atoms with Gasteiger partial charge in [0.2, 0.25) is 0 Å². The topological polar surface area (TPSA) is 89.9 Å². The molecule has 0 heterocycles. The monoisotopic (exact) mass is 360 g/mol. The molecule has 0 saturated carbocycles. The molecule has 0 aromatic rings. The first-order valence-electron chi connectivity index (χ1n) is 7.81. The van der Waals surface area contributed by atoms with Gasteiger partial charge in [0.1, 0.15) is 25.1 Å². The number of hydrogen-bond donors (Lipinski definition) is 1. The van der Waals surface area contributed by atoms with E-state index in [4.69, 9.17) is 9.47 Å². The lowest BCUT2D eigenvalue weighted by Crippen LogP contribution is -2.25. The third-order valence-electron chi connectivity index (χ3n) is 2.95. The average molecular weight is 360 g/mol.